The molecule has 2 aromatic carbocycles. The summed E-state index contributed by atoms with van der Waals surface area (Å²) in [6.45, 7) is 4.26. The Kier molecular flexibility index (Phi) is 4.18. The largest absolute Gasteiger partial charge is 0.356 e. The highest BCUT2D eigenvalue weighted by Gasteiger charge is 2.15. The topological polar surface area (TPSA) is 60.7 Å². The van der Waals surface area contributed by atoms with Crippen molar-refractivity contribution in [2.24, 2.45) is 0 Å². The number of hydrogen-bond donors (Lipinski definition) is 3. The second kappa shape index (κ2) is 6.54. The van der Waals surface area contributed by atoms with Crippen LogP contribution < -0.4 is 5.32 Å². The van der Waals surface area contributed by atoms with Gasteiger partial charge in [0.15, 0.2) is 0 Å². The third-order valence-electron chi connectivity index (χ3n) is 4.92. The fraction of sp³-hybridized carbons (Fsp3) is 0.190. The van der Waals surface area contributed by atoms with Gasteiger partial charge in [0.1, 0.15) is 17.3 Å². The van der Waals surface area contributed by atoms with Crippen molar-refractivity contribution in [3.8, 4) is 0 Å². The number of halogens is 2. The lowest BCUT2D eigenvalue weighted by atomic mass is 10.0. The van der Waals surface area contributed by atoms with E-state index in [0.717, 1.165) is 22.2 Å². The molecule has 4 rings (SSSR count). The molecule has 0 aliphatic carbocycles. The summed E-state index contributed by atoms with van der Waals surface area (Å²) in [4.78, 5) is 18.5. The zero-order chi connectivity index (χ0) is 19.1. The number of aromatic nitrogens is 2. The zero-order valence-corrected chi connectivity index (χ0v) is 15.0. The van der Waals surface area contributed by atoms with Gasteiger partial charge >= 0.3 is 0 Å². The number of hydrogen-bond acceptors (Lipinski definition) is 1. The van der Waals surface area contributed by atoms with Crippen LogP contribution in [0.4, 0.5) is 8.78 Å². The van der Waals surface area contributed by atoms with E-state index in [9.17, 15) is 13.6 Å². The molecule has 0 saturated heterocycles. The van der Waals surface area contributed by atoms with Crippen LogP contribution in [0.3, 0.4) is 0 Å². The molecule has 0 saturated carbocycles. The summed E-state index contributed by atoms with van der Waals surface area (Å²) >= 11 is 0. The maximum absolute atomic E-state index is 14.0. The maximum atomic E-state index is 14.0. The van der Waals surface area contributed by atoms with Gasteiger partial charge in [-0.3, -0.25) is 4.79 Å². The van der Waals surface area contributed by atoms with E-state index in [4.69, 9.17) is 0 Å². The van der Waals surface area contributed by atoms with E-state index in [1.54, 1.807) is 18.2 Å². The smallest absolute Gasteiger partial charge is 0.267 e. The van der Waals surface area contributed by atoms with Crippen molar-refractivity contribution in [3.63, 3.8) is 0 Å². The van der Waals surface area contributed by atoms with Gasteiger partial charge in [0, 0.05) is 28.5 Å². The van der Waals surface area contributed by atoms with Crippen molar-refractivity contribution in [1.82, 2.24) is 15.3 Å². The monoisotopic (exact) mass is 367 g/mol. The second-order valence-corrected chi connectivity index (χ2v) is 6.76. The predicted molar refractivity (Wildman–Crippen MR) is 102 cm³/mol. The molecule has 0 radical (unpaired) electrons. The number of H-pyrrole nitrogens is 2. The van der Waals surface area contributed by atoms with Gasteiger partial charge in [-0.2, -0.15) is 0 Å². The summed E-state index contributed by atoms with van der Waals surface area (Å²) in [7, 11) is 0. The Hall–Kier alpha value is -3.15. The SMILES string of the molecule is Cc1[nH]c2c(F)ccc(C)c2c1CCNC(=O)c1cc2cc(F)ccc2[nH]1. The number of aromatic amines is 2. The summed E-state index contributed by atoms with van der Waals surface area (Å²) < 4.78 is 27.3. The van der Waals surface area contributed by atoms with Crippen LogP contribution in [0.25, 0.3) is 21.8 Å². The van der Waals surface area contributed by atoms with Crippen LogP contribution in [0.1, 0.15) is 27.3 Å². The van der Waals surface area contributed by atoms with Gasteiger partial charge in [0.05, 0.1) is 5.52 Å². The third-order valence-corrected chi connectivity index (χ3v) is 4.92. The molecule has 0 spiro atoms. The van der Waals surface area contributed by atoms with Crippen LogP contribution in [0.5, 0.6) is 0 Å². The van der Waals surface area contributed by atoms with E-state index in [1.165, 1.54) is 18.2 Å². The Labute approximate surface area is 154 Å². The first-order chi connectivity index (χ1) is 12.9. The molecule has 2 aromatic heterocycles. The number of rotatable bonds is 4. The number of nitrogens with one attached hydrogen (secondary N) is 3. The molecule has 2 heterocycles. The van der Waals surface area contributed by atoms with Crippen molar-refractivity contribution in [3.05, 3.63) is 70.5 Å². The Morgan fingerprint density at radius 2 is 1.89 bits per heavy atom. The Balaban J connectivity index is 1.51. The van der Waals surface area contributed by atoms with Gasteiger partial charge in [-0.25, -0.2) is 8.78 Å². The summed E-state index contributed by atoms with van der Waals surface area (Å²) in [5.74, 6) is -0.878. The molecule has 4 aromatic rings. The number of fused-ring (bicyclic) bond motifs is 2. The first-order valence-electron chi connectivity index (χ1n) is 8.77. The van der Waals surface area contributed by atoms with E-state index >= 15 is 0 Å². The lowest BCUT2D eigenvalue weighted by molar-refractivity contribution is 0.0950. The van der Waals surface area contributed by atoms with Crippen LogP contribution >= 0.6 is 0 Å². The Morgan fingerprint density at radius 3 is 2.70 bits per heavy atom. The summed E-state index contributed by atoms with van der Waals surface area (Å²) in [5, 5.41) is 4.40. The van der Waals surface area contributed by atoms with Crippen molar-refractivity contribution in [1.29, 1.82) is 0 Å². The van der Waals surface area contributed by atoms with E-state index in [0.29, 0.717) is 35.1 Å². The van der Waals surface area contributed by atoms with Crippen molar-refractivity contribution in [2.75, 3.05) is 6.54 Å². The molecule has 0 aliphatic rings. The van der Waals surface area contributed by atoms with Crippen LogP contribution in [0.2, 0.25) is 0 Å². The molecular weight excluding hydrogens is 348 g/mol. The van der Waals surface area contributed by atoms with Gasteiger partial charge in [-0.05, 0) is 61.7 Å². The second-order valence-electron chi connectivity index (χ2n) is 6.76. The van der Waals surface area contributed by atoms with Gasteiger partial charge in [0.25, 0.3) is 5.91 Å². The van der Waals surface area contributed by atoms with Crippen molar-refractivity contribution < 1.29 is 13.6 Å². The first kappa shape index (κ1) is 17.3. The number of aryl methyl sites for hydroxylation is 2. The van der Waals surface area contributed by atoms with Gasteiger partial charge in [0.2, 0.25) is 0 Å². The highest BCUT2D eigenvalue weighted by molar-refractivity contribution is 5.98. The molecule has 27 heavy (non-hydrogen) atoms. The third kappa shape index (κ3) is 3.07. The number of carbonyl (C=O) groups excluding carboxylic acids is 1. The Morgan fingerprint density at radius 1 is 1.07 bits per heavy atom. The zero-order valence-electron chi connectivity index (χ0n) is 15.0. The van der Waals surface area contributed by atoms with Crippen molar-refractivity contribution in [2.45, 2.75) is 20.3 Å². The molecule has 0 aliphatic heterocycles. The number of carbonyl (C=O) groups is 1. The molecule has 4 nitrogen and oxygen atoms in total. The van der Waals surface area contributed by atoms with Gasteiger partial charge in [-0.15, -0.1) is 0 Å². The summed E-state index contributed by atoms with van der Waals surface area (Å²) in [5.41, 5.74) is 4.49. The normalized spacial score (nSPS) is 11.4. The van der Waals surface area contributed by atoms with Crippen LogP contribution in [-0.4, -0.2) is 22.4 Å². The fourth-order valence-corrected chi connectivity index (χ4v) is 3.58. The minimum atomic E-state index is -0.342. The highest BCUT2D eigenvalue weighted by Crippen LogP contribution is 2.27. The molecular formula is C21H19F2N3O. The lowest BCUT2D eigenvalue weighted by Gasteiger charge is -2.06. The quantitative estimate of drug-likeness (QED) is 0.488. The predicted octanol–water partition coefficient (Wildman–Crippen LogP) is 4.52. The van der Waals surface area contributed by atoms with Crippen LogP contribution in [-0.2, 0) is 6.42 Å². The number of amides is 1. The fourth-order valence-electron chi connectivity index (χ4n) is 3.58. The van der Waals surface area contributed by atoms with Crippen LogP contribution in [0.15, 0.2) is 36.4 Å². The van der Waals surface area contributed by atoms with E-state index in [1.807, 2.05) is 13.8 Å². The molecule has 1 amide bonds. The van der Waals surface area contributed by atoms with Crippen molar-refractivity contribution >= 4 is 27.7 Å². The van der Waals surface area contributed by atoms with Gasteiger partial charge in [-0.1, -0.05) is 6.07 Å². The molecule has 6 heteroatoms. The molecule has 0 fully saturated rings. The van der Waals surface area contributed by atoms with E-state index < -0.39 is 0 Å². The average Bonchev–Trinajstić information content (AvgIpc) is 3.20. The first-order valence-corrected chi connectivity index (χ1v) is 8.77. The standard InChI is InChI=1S/C21H19F2N3O/c1-11-3-5-16(23)20-19(11)15(12(2)25-20)7-8-24-21(27)18-10-13-9-14(22)4-6-17(13)26-18/h3-6,9-10,25-26H,7-8H2,1-2H3,(H,24,27). The minimum absolute atomic E-state index is 0.257. The molecule has 138 valence electrons. The van der Waals surface area contributed by atoms with E-state index in [2.05, 4.69) is 15.3 Å². The molecule has 3 N–H and O–H groups in total. The molecule has 0 atom stereocenters. The summed E-state index contributed by atoms with van der Waals surface area (Å²) in [6.07, 6.45) is 0.580. The van der Waals surface area contributed by atoms with Gasteiger partial charge < -0.3 is 15.3 Å². The average molecular weight is 367 g/mol. The lowest BCUT2D eigenvalue weighted by Crippen LogP contribution is -2.26. The Bertz CT molecular complexity index is 1170. The van der Waals surface area contributed by atoms with E-state index in [-0.39, 0.29) is 17.5 Å². The number of benzene rings is 2. The maximum Gasteiger partial charge on any atom is 0.267 e. The van der Waals surface area contributed by atoms with Crippen LogP contribution in [0, 0.1) is 25.5 Å². The molecule has 0 unspecified atom stereocenters. The summed E-state index contributed by atoms with van der Waals surface area (Å²) in [6, 6.07) is 9.18. The minimum Gasteiger partial charge on any atom is -0.356 e. The molecule has 0 bridgehead atoms. The highest BCUT2D eigenvalue weighted by atomic mass is 19.1.